The molecule has 130 valence electrons. The smallest absolute Gasteiger partial charge is 0.256 e. The van der Waals surface area contributed by atoms with E-state index in [9.17, 15) is 4.79 Å². The minimum Gasteiger partial charge on any atom is -0.307 e. The summed E-state index contributed by atoms with van der Waals surface area (Å²) in [5.41, 5.74) is 3.31. The molecule has 1 aliphatic rings. The maximum Gasteiger partial charge on any atom is 0.256 e. The molecule has 4 rings (SSSR count). The Hall–Kier alpha value is -1.56. The Morgan fingerprint density at radius 3 is 2.27 bits per heavy atom. The summed E-state index contributed by atoms with van der Waals surface area (Å²) < 4.78 is 1.15. The van der Waals surface area contributed by atoms with Crippen LogP contribution in [0, 0.1) is 3.57 Å². The summed E-state index contributed by atoms with van der Waals surface area (Å²) in [5, 5.41) is 0.635. The number of rotatable bonds is 3. The summed E-state index contributed by atoms with van der Waals surface area (Å²) in [5.74, 6) is -0.0656. The molecule has 0 fully saturated rings. The molecular formula is C21H14Cl2INO. The van der Waals surface area contributed by atoms with Crippen LogP contribution in [0.5, 0.6) is 0 Å². The predicted molar refractivity (Wildman–Crippen MR) is 114 cm³/mol. The molecule has 5 heteroatoms. The number of alkyl halides is 1. The lowest BCUT2D eigenvalue weighted by Crippen LogP contribution is -2.39. The van der Waals surface area contributed by atoms with Gasteiger partial charge < -0.3 is 4.90 Å². The first-order valence-corrected chi connectivity index (χ1v) is 9.94. The van der Waals surface area contributed by atoms with Gasteiger partial charge in [-0.15, -0.1) is 0 Å². The van der Waals surface area contributed by atoms with E-state index >= 15 is 0 Å². The molecule has 0 N–H and O–H groups in total. The van der Waals surface area contributed by atoms with E-state index in [1.807, 2.05) is 60.7 Å². The van der Waals surface area contributed by atoms with E-state index in [0.29, 0.717) is 17.1 Å². The van der Waals surface area contributed by atoms with Crippen LogP contribution in [-0.4, -0.2) is 10.8 Å². The van der Waals surface area contributed by atoms with Crippen LogP contribution >= 0.6 is 45.8 Å². The highest BCUT2D eigenvalue weighted by molar-refractivity contribution is 14.1. The van der Waals surface area contributed by atoms with Crippen LogP contribution in [0.4, 0.5) is 0 Å². The second kappa shape index (κ2) is 6.87. The maximum atomic E-state index is 13.1. The average molecular weight is 494 g/mol. The summed E-state index contributed by atoms with van der Waals surface area (Å²) in [6, 6.07) is 23.0. The second-order valence-electron chi connectivity index (χ2n) is 6.19. The SMILES string of the molecule is O=C1c2ccccc2C(Cl)(c2ccc(Cl)cc2)N1Cc1ccc(I)cc1. The number of nitrogens with zero attached hydrogens (tertiary/aromatic N) is 1. The molecule has 1 aliphatic heterocycles. The molecule has 0 saturated heterocycles. The summed E-state index contributed by atoms with van der Waals surface area (Å²) in [6.07, 6.45) is 0. The molecule has 3 aromatic carbocycles. The van der Waals surface area contributed by atoms with Crippen molar-refractivity contribution in [2.45, 2.75) is 11.5 Å². The first-order chi connectivity index (χ1) is 12.5. The third-order valence-electron chi connectivity index (χ3n) is 4.61. The van der Waals surface area contributed by atoms with E-state index in [-0.39, 0.29) is 5.91 Å². The van der Waals surface area contributed by atoms with E-state index < -0.39 is 5.00 Å². The van der Waals surface area contributed by atoms with Crippen LogP contribution in [0.3, 0.4) is 0 Å². The third-order valence-corrected chi connectivity index (χ3v) is 6.21. The Morgan fingerprint density at radius 1 is 0.923 bits per heavy atom. The van der Waals surface area contributed by atoms with E-state index in [2.05, 4.69) is 22.6 Å². The third kappa shape index (κ3) is 2.92. The lowest BCUT2D eigenvalue weighted by molar-refractivity contribution is 0.0702. The van der Waals surface area contributed by atoms with Crippen LogP contribution in [0.2, 0.25) is 5.02 Å². The lowest BCUT2D eigenvalue weighted by Gasteiger charge is -2.34. The standard InChI is InChI=1S/C21H14Cl2INO/c22-16-9-7-15(8-10-16)21(23)19-4-2-1-3-18(19)20(26)25(21)13-14-5-11-17(24)12-6-14/h1-12H,13H2. The number of benzene rings is 3. The van der Waals surface area contributed by atoms with Gasteiger partial charge in [-0.2, -0.15) is 0 Å². The average Bonchev–Trinajstić information content (AvgIpc) is 2.87. The number of halogens is 3. The van der Waals surface area contributed by atoms with Gasteiger partial charge in [0, 0.05) is 26.3 Å². The number of hydrogen-bond donors (Lipinski definition) is 0. The number of amides is 1. The molecule has 0 spiro atoms. The van der Waals surface area contributed by atoms with Gasteiger partial charge in [0.05, 0.1) is 0 Å². The van der Waals surface area contributed by atoms with Gasteiger partial charge >= 0.3 is 0 Å². The predicted octanol–water partition coefficient (Wildman–Crippen LogP) is 6.04. The Kier molecular flexibility index (Phi) is 4.71. The van der Waals surface area contributed by atoms with Gasteiger partial charge in [-0.3, -0.25) is 4.79 Å². The van der Waals surface area contributed by atoms with Gasteiger partial charge in [-0.05, 0) is 64.0 Å². The maximum absolute atomic E-state index is 13.1. The molecule has 0 aliphatic carbocycles. The van der Waals surface area contributed by atoms with Gasteiger partial charge in [0.15, 0.2) is 5.00 Å². The van der Waals surface area contributed by atoms with Crippen molar-refractivity contribution in [3.63, 3.8) is 0 Å². The van der Waals surface area contributed by atoms with Crippen molar-refractivity contribution in [3.8, 4) is 0 Å². The van der Waals surface area contributed by atoms with Crippen molar-refractivity contribution < 1.29 is 4.79 Å². The number of carbonyl (C=O) groups excluding carboxylic acids is 1. The molecule has 2 nitrogen and oxygen atoms in total. The van der Waals surface area contributed by atoms with Crippen molar-refractivity contribution in [2.75, 3.05) is 0 Å². The first kappa shape index (κ1) is 17.8. The minimum atomic E-state index is -1.05. The van der Waals surface area contributed by atoms with Crippen LogP contribution in [-0.2, 0) is 11.5 Å². The fourth-order valence-corrected chi connectivity index (χ4v) is 4.24. The van der Waals surface area contributed by atoms with E-state index in [1.165, 1.54) is 0 Å². The fourth-order valence-electron chi connectivity index (χ4n) is 3.32. The molecule has 1 heterocycles. The van der Waals surface area contributed by atoms with Crippen LogP contribution < -0.4 is 0 Å². The van der Waals surface area contributed by atoms with Crippen LogP contribution in [0.25, 0.3) is 0 Å². The molecule has 26 heavy (non-hydrogen) atoms. The summed E-state index contributed by atoms with van der Waals surface area (Å²) in [4.78, 5) is 13.8. The second-order valence-corrected chi connectivity index (χ2v) is 8.42. The molecule has 0 radical (unpaired) electrons. The quantitative estimate of drug-likeness (QED) is 0.247. The van der Waals surface area contributed by atoms with E-state index in [1.54, 1.807) is 17.0 Å². The molecule has 1 atom stereocenters. The van der Waals surface area contributed by atoms with Gasteiger partial charge in [-0.25, -0.2) is 0 Å². The van der Waals surface area contributed by atoms with E-state index in [0.717, 1.165) is 20.3 Å². The Labute approximate surface area is 175 Å². The first-order valence-electron chi connectivity index (χ1n) is 8.11. The zero-order chi connectivity index (χ0) is 18.3. The minimum absolute atomic E-state index is 0.0656. The van der Waals surface area contributed by atoms with Crippen molar-refractivity contribution in [2.24, 2.45) is 0 Å². The Morgan fingerprint density at radius 2 is 1.58 bits per heavy atom. The summed E-state index contributed by atoms with van der Waals surface area (Å²) in [6.45, 7) is 0.427. The number of hydrogen-bond acceptors (Lipinski definition) is 1. The zero-order valence-corrected chi connectivity index (χ0v) is 17.3. The van der Waals surface area contributed by atoms with Crippen molar-refractivity contribution in [1.29, 1.82) is 0 Å². The highest BCUT2D eigenvalue weighted by Crippen LogP contribution is 2.48. The van der Waals surface area contributed by atoms with Crippen molar-refractivity contribution >= 4 is 51.7 Å². The molecule has 1 amide bonds. The van der Waals surface area contributed by atoms with Crippen LogP contribution in [0.1, 0.15) is 27.0 Å². The van der Waals surface area contributed by atoms with Crippen LogP contribution in [0.15, 0.2) is 72.8 Å². The molecule has 3 aromatic rings. The zero-order valence-electron chi connectivity index (χ0n) is 13.6. The van der Waals surface area contributed by atoms with E-state index in [4.69, 9.17) is 23.2 Å². The van der Waals surface area contributed by atoms with Crippen molar-refractivity contribution in [3.05, 3.63) is 104 Å². The highest BCUT2D eigenvalue weighted by Gasteiger charge is 2.49. The number of fused-ring (bicyclic) bond motifs is 1. The van der Waals surface area contributed by atoms with Gasteiger partial charge in [0.2, 0.25) is 0 Å². The highest BCUT2D eigenvalue weighted by atomic mass is 127. The summed E-state index contributed by atoms with van der Waals surface area (Å²) >= 11 is 15.5. The van der Waals surface area contributed by atoms with Gasteiger partial charge in [0.25, 0.3) is 5.91 Å². The molecular weight excluding hydrogens is 480 g/mol. The lowest BCUT2D eigenvalue weighted by atomic mass is 9.97. The fraction of sp³-hybridized carbons (Fsp3) is 0.0952. The molecule has 0 saturated carbocycles. The Balaban J connectivity index is 1.84. The monoisotopic (exact) mass is 493 g/mol. The largest absolute Gasteiger partial charge is 0.307 e. The normalized spacial score (nSPS) is 18.9. The van der Waals surface area contributed by atoms with Gasteiger partial charge in [-0.1, -0.05) is 65.7 Å². The van der Waals surface area contributed by atoms with Crippen molar-refractivity contribution in [1.82, 2.24) is 4.90 Å². The Bertz CT molecular complexity index is 972. The number of carbonyl (C=O) groups is 1. The molecule has 0 bridgehead atoms. The molecule has 0 aromatic heterocycles. The molecule has 1 unspecified atom stereocenters. The van der Waals surface area contributed by atoms with Gasteiger partial charge in [0.1, 0.15) is 0 Å². The topological polar surface area (TPSA) is 20.3 Å². The summed E-state index contributed by atoms with van der Waals surface area (Å²) in [7, 11) is 0.